The van der Waals surface area contributed by atoms with Crippen LogP contribution in [0.25, 0.3) is 16.9 Å². The maximum absolute atomic E-state index is 6.01. The summed E-state index contributed by atoms with van der Waals surface area (Å²) in [5.74, 6) is 0. The number of hydrogen-bond donors (Lipinski definition) is 0. The number of nitrogens with zero attached hydrogens (tertiary/aromatic N) is 2. The molecule has 0 atom stereocenters. The van der Waals surface area contributed by atoms with Gasteiger partial charge in [-0.2, -0.15) is 5.10 Å². The quantitative estimate of drug-likeness (QED) is 0.485. The van der Waals surface area contributed by atoms with E-state index in [1.54, 1.807) is 0 Å². The minimum absolute atomic E-state index is 0.430. The van der Waals surface area contributed by atoms with Crippen molar-refractivity contribution < 1.29 is 9.47 Å². The lowest BCUT2D eigenvalue weighted by Gasteiger charge is -2.19. The molecule has 136 valence electrons. The fraction of sp³-hybridized carbons (Fsp3) is 0.318. The van der Waals surface area contributed by atoms with Crippen molar-refractivity contribution in [2.75, 3.05) is 13.2 Å². The Kier molecular flexibility index (Phi) is 6.58. The van der Waals surface area contributed by atoms with Gasteiger partial charge in [0.15, 0.2) is 0 Å². The predicted octanol–water partition coefficient (Wildman–Crippen LogP) is 5.39. The van der Waals surface area contributed by atoms with Crippen molar-refractivity contribution in [2.45, 2.75) is 33.0 Å². The van der Waals surface area contributed by atoms with Crippen molar-refractivity contribution in [3.8, 4) is 16.9 Å². The topological polar surface area (TPSA) is 36.3 Å². The molecule has 0 bridgehead atoms. The number of aromatic nitrogens is 2. The van der Waals surface area contributed by atoms with E-state index in [1.807, 2.05) is 53.2 Å². The van der Waals surface area contributed by atoms with Gasteiger partial charge in [-0.05, 0) is 31.0 Å². The smallest absolute Gasteiger partial charge is 0.201 e. The van der Waals surface area contributed by atoms with E-state index in [2.05, 4.69) is 32.0 Å². The second kappa shape index (κ2) is 9.32. The largest absolute Gasteiger partial charge is 0.347 e. The van der Waals surface area contributed by atoms with Crippen LogP contribution in [0.2, 0.25) is 0 Å². The molecule has 2 aromatic carbocycles. The lowest BCUT2D eigenvalue weighted by atomic mass is 10.1. The first kappa shape index (κ1) is 18.4. The molecule has 0 fully saturated rings. The van der Waals surface area contributed by atoms with Gasteiger partial charge in [-0.1, -0.05) is 62.4 Å². The summed E-state index contributed by atoms with van der Waals surface area (Å²) in [6, 6.07) is 22.4. The van der Waals surface area contributed by atoms with Crippen molar-refractivity contribution in [1.82, 2.24) is 9.78 Å². The van der Waals surface area contributed by atoms with E-state index in [1.165, 1.54) is 0 Å². The van der Waals surface area contributed by atoms with E-state index >= 15 is 0 Å². The molecule has 0 aliphatic carbocycles. The van der Waals surface area contributed by atoms with Crippen LogP contribution in [0.1, 0.15) is 38.7 Å². The molecular formula is C22H26N2O2. The van der Waals surface area contributed by atoms with Crippen molar-refractivity contribution in [2.24, 2.45) is 0 Å². The Morgan fingerprint density at radius 1 is 0.846 bits per heavy atom. The standard InChI is InChI=1S/C22H26N2O2/c1-3-15-25-22(26-16-4-2)21-17-20(18-11-7-5-8-12-18)23-24(21)19-13-9-6-10-14-19/h5-14,17,22H,3-4,15-16H2,1-2H3. The van der Waals surface area contributed by atoms with E-state index in [0.717, 1.165) is 35.5 Å². The number of para-hydroxylation sites is 1. The van der Waals surface area contributed by atoms with Gasteiger partial charge < -0.3 is 9.47 Å². The molecular weight excluding hydrogens is 324 g/mol. The number of rotatable bonds is 9. The number of benzene rings is 2. The summed E-state index contributed by atoms with van der Waals surface area (Å²) in [5.41, 5.74) is 3.90. The third kappa shape index (κ3) is 4.40. The summed E-state index contributed by atoms with van der Waals surface area (Å²) >= 11 is 0. The monoisotopic (exact) mass is 350 g/mol. The molecule has 1 heterocycles. The van der Waals surface area contributed by atoms with Gasteiger partial charge in [0, 0.05) is 18.8 Å². The lowest BCUT2D eigenvalue weighted by Crippen LogP contribution is -2.15. The van der Waals surface area contributed by atoms with Gasteiger partial charge in [0.1, 0.15) is 5.69 Å². The summed E-state index contributed by atoms with van der Waals surface area (Å²) in [7, 11) is 0. The van der Waals surface area contributed by atoms with E-state index in [-0.39, 0.29) is 0 Å². The second-order valence-corrected chi connectivity index (χ2v) is 6.14. The molecule has 4 heteroatoms. The first-order valence-electron chi connectivity index (χ1n) is 9.27. The number of ether oxygens (including phenoxy) is 2. The normalized spacial score (nSPS) is 11.2. The van der Waals surface area contributed by atoms with Crippen LogP contribution in [0, 0.1) is 0 Å². The van der Waals surface area contributed by atoms with Crippen LogP contribution in [0.4, 0.5) is 0 Å². The molecule has 0 aliphatic rings. The zero-order valence-electron chi connectivity index (χ0n) is 15.5. The average molecular weight is 350 g/mol. The molecule has 3 aromatic rings. The summed E-state index contributed by atoms with van der Waals surface area (Å²) in [4.78, 5) is 0. The molecule has 0 N–H and O–H groups in total. The van der Waals surface area contributed by atoms with Crippen molar-refractivity contribution in [3.63, 3.8) is 0 Å². The second-order valence-electron chi connectivity index (χ2n) is 6.14. The maximum Gasteiger partial charge on any atom is 0.201 e. The third-order valence-corrected chi connectivity index (χ3v) is 4.00. The Balaban J connectivity index is 2.04. The molecule has 3 rings (SSSR count). The van der Waals surface area contributed by atoms with Crippen LogP contribution in [0.3, 0.4) is 0 Å². The lowest BCUT2D eigenvalue weighted by molar-refractivity contribution is -0.150. The number of hydrogen-bond acceptors (Lipinski definition) is 3. The molecule has 0 amide bonds. The average Bonchev–Trinajstić information content (AvgIpc) is 3.15. The van der Waals surface area contributed by atoms with Gasteiger partial charge in [0.05, 0.1) is 11.4 Å². The Morgan fingerprint density at radius 3 is 2.00 bits per heavy atom. The fourth-order valence-corrected chi connectivity index (χ4v) is 2.76. The summed E-state index contributed by atoms with van der Waals surface area (Å²) in [6.45, 7) is 5.49. The molecule has 26 heavy (non-hydrogen) atoms. The third-order valence-electron chi connectivity index (χ3n) is 4.00. The van der Waals surface area contributed by atoms with Crippen LogP contribution < -0.4 is 0 Å². The van der Waals surface area contributed by atoms with Crippen molar-refractivity contribution >= 4 is 0 Å². The van der Waals surface area contributed by atoms with Crippen LogP contribution in [-0.2, 0) is 9.47 Å². The van der Waals surface area contributed by atoms with Gasteiger partial charge in [-0.3, -0.25) is 0 Å². The summed E-state index contributed by atoms with van der Waals surface area (Å²) in [5, 5.41) is 4.84. The summed E-state index contributed by atoms with van der Waals surface area (Å²) < 4.78 is 13.9. The maximum atomic E-state index is 6.01. The Morgan fingerprint density at radius 2 is 1.42 bits per heavy atom. The molecule has 4 nitrogen and oxygen atoms in total. The molecule has 1 aromatic heterocycles. The first-order valence-corrected chi connectivity index (χ1v) is 9.27. The molecule has 0 spiro atoms. The SMILES string of the molecule is CCCOC(OCCC)c1cc(-c2ccccc2)nn1-c1ccccc1. The van der Waals surface area contributed by atoms with E-state index in [4.69, 9.17) is 14.6 Å². The zero-order chi connectivity index (χ0) is 18.2. The molecule has 0 radical (unpaired) electrons. The highest BCUT2D eigenvalue weighted by atomic mass is 16.7. The van der Waals surface area contributed by atoms with Gasteiger partial charge in [-0.25, -0.2) is 4.68 Å². The molecule has 0 saturated carbocycles. The Labute approximate surface area is 155 Å². The minimum atomic E-state index is -0.430. The highest BCUT2D eigenvalue weighted by molar-refractivity contribution is 5.60. The Hall–Kier alpha value is -2.43. The van der Waals surface area contributed by atoms with Crippen LogP contribution in [0.15, 0.2) is 66.7 Å². The molecule has 0 saturated heterocycles. The molecule has 0 aliphatic heterocycles. The van der Waals surface area contributed by atoms with Gasteiger partial charge in [0.2, 0.25) is 6.29 Å². The van der Waals surface area contributed by atoms with Gasteiger partial charge >= 0.3 is 0 Å². The van der Waals surface area contributed by atoms with Crippen LogP contribution in [-0.4, -0.2) is 23.0 Å². The zero-order valence-corrected chi connectivity index (χ0v) is 15.5. The van der Waals surface area contributed by atoms with Gasteiger partial charge in [-0.15, -0.1) is 0 Å². The predicted molar refractivity (Wildman–Crippen MR) is 104 cm³/mol. The van der Waals surface area contributed by atoms with Crippen molar-refractivity contribution in [1.29, 1.82) is 0 Å². The highest BCUT2D eigenvalue weighted by Gasteiger charge is 2.21. The minimum Gasteiger partial charge on any atom is -0.347 e. The Bertz CT molecular complexity index is 776. The van der Waals surface area contributed by atoms with E-state index in [0.29, 0.717) is 13.2 Å². The van der Waals surface area contributed by atoms with Crippen LogP contribution in [0.5, 0.6) is 0 Å². The fourth-order valence-electron chi connectivity index (χ4n) is 2.76. The van der Waals surface area contributed by atoms with Crippen LogP contribution >= 0.6 is 0 Å². The van der Waals surface area contributed by atoms with E-state index < -0.39 is 6.29 Å². The van der Waals surface area contributed by atoms with Gasteiger partial charge in [0.25, 0.3) is 0 Å². The first-order chi connectivity index (χ1) is 12.8. The molecule has 0 unspecified atom stereocenters. The summed E-state index contributed by atoms with van der Waals surface area (Å²) in [6.07, 6.45) is 1.45. The van der Waals surface area contributed by atoms with Crippen molar-refractivity contribution in [3.05, 3.63) is 72.4 Å². The van der Waals surface area contributed by atoms with E-state index in [9.17, 15) is 0 Å². The highest BCUT2D eigenvalue weighted by Crippen LogP contribution is 2.28.